The van der Waals surface area contributed by atoms with Crippen LogP contribution in [-0.2, 0) is 14.4 Å². The van der Waals surface area contributed by atoms with Crippen LogP contribution in [0.1, 0.15) is 12.5 Å². The van der Waals surface area contributed by atoms with Gasteiger partial charge in [-0.15, -0.1) is 4.90 Å². The lowest BCUT2D eigenvalue weighted by Gasteiger charge is -2.23. The molecular formula is C22H21N4O6+. The van der Waals surface area contributed by atoms with Crippen molar-refractivity contribution < 1.29 is 33.2 Å². The van der Waals surface area contributed by atoms with Crippen molar-refractivity contribution in [2.75, 3.05) is 25.0 Å². The van der Waals surface area contributed by atoms with Gasteiger partial charge in [-0.25, -0.2) is 4.79 Å². The van der Waals surface area contributed by atoms with E-state index in [0.717, 1.165) is 4.58 Å². The minimum atomic E-state index is -1.16. The van der Waals surface area contributed by atoms with Gasteiger partial charge < -0.3 is 20.5 Å². The number of nitrogens with zero attached hydrogens (tertiary/aromatic N) is 2. The highest BCUT2D eigenvalue weighted by Crippen LogP contribution is 2.32. The van der Waals surface area contributed by atoms with Crippen molar-refractivity contribution in [3.63, 3.8) is 0 Å². The monoisotopic (exact) mass is 437 g/mol. The lowest BCUT2D eigenvalue weighted by molar-refractivity contribution is -0.427. The van der Waals surface area contributed by atoms with Gasteiger partial charge >= 0.3 is 11.9 Å². The van der Waals surface area contributed by atoms with E-state index in [1.165, 1.54) is 0 Å². The zero-order valence-corrected chi connectivity index (χ0v) is 17.2. The Labute approximate surface area is 183 Å². The Hall–Kier alpha value is -4.21. The highest BCUT2D eigenvalue weighted by atomic mass is 16.5. The van der Waals surface area contributed by atoms with Gasteiger partial charge in [0, 0.05) is 0 Å². The molecule has 2 aromatic rings. The van der Waals surface area contributed by atoms with Crippen LogP contribution in [0.15, 0.2) is 48.5 Å². The first-order chi connectivity index (χ1) is 15.4. The van der Waals surface area contributed by atoms with Crippen LogP contribution >= 0.6 is 0 Å². The normalized spacial score (nSPS) is 16.9. The second-order valence-corrected chi connectivity index (χ2v) is 7.12. The van der Waals surface area contributed by atoms with Crippen molar-refractivity contribution in [3.8, 4) is 11.5 Å². The van der Waals surface area contributed by atoms with Crippen LogP contribution in [0.4, 0.5) is 10.5 Å². The molecule has 1 unspecified atom stereocenters. The van der Waals surface area contributed by atoms with Crippen LogP contribution in [0.3, 0.4) is 0 Å². The standard InChI is InChI=1S/C22H20N4O6/c1-2-31-16-10-6-4-8-14(16)24-18(28)12-25-19-13-7-3-5-9-15(13)32-20(19)21(29)26(22(25)30)11-17(23)27/h3-10,20H,2,11-12H2,1H3,(H2-,23,24,27,28)/p+1. The summed E-state index contributed by atoms with van der Waals surface area (Å²) in [5.74, 6) is -1.20. The summed E-state index contributed by atoms with van der Waals surface area (Å²) < 4.78 is 12.4. The average molecular weight is 437 g/mol. The van der Waals surface area contributed by atoms with E-state index in [-0.39, 0.29) is 5.71 Å². The number of primary amides is 1. The third-order valence-corrected chi connectivity index (χ3v) is 4.98. The third-order valence-electron chi connectivity index (χ3n) is 4.98. The van der Waals surface area contributed by atoms with E-state index >= 15 is 0 Å². The molecule has 5 amide bonds. The van der Waals surface area contributed by atoms with E-state index < -0.39 is 42.9 Å². The van der Waals surface area contributed by atoms with E-state index in [1.807, 2.05) is 6.92 Å². The number of carbonyl (C=O) groups excluding carboxylic acids is 4. The summed E-state index contributed by atoms with van der Waals surface area (Å²) in [6.45, 7) is 1.21. The molecule has 2 aliphatic heterocycles. The predicted molar refractivity (Wildman–Crippen MR) is 113 cm³/mol. The van der Waals surface area contributed by atoms with E-state index in [4.69, 9.17) is 15.2 Å². The van der Waals surface area contributed by atoms with Gasteiger partial charge in [-0.05, 0) is 31.2 Å². The van der Waals surface area contributed by atoms with Crippen molar-refractivity contribution in [2.24, 2.45) is 5.73 Å². The van der Waals surface area contributed by atoms with Gasteiger partial charge in [-0.2, -0.15) is 9.37 Å². The number of benzene rings is 2. The maximum absolute atomic E-state index is 13.1. The van der Waals surface area contributed by atoms with Crippen LogP contribution in [0.2, 0.25) is 0 Å². The van der Waals surface area contributed by atoms with Crippen molar-refractivity contribution in [3.05, 3.63) is 54.1 Å². The second kappa shape index (κ2) is 8.50. The minimum Gasteiger partial charge on any atom is -0.492 e. The van der Waals surface area contributed by atoms with Crippen LogP contribution < -0.4 is 20.5 Å². The minimum absolute atomic E-state index is 0.254. The van der Waals surface area contributed by atoms with Gasteiger partial charge in [0.15, 0.2) is 18.8 Å². The second-order valence-electron chi connectivity index (χ2n) is 7.12. The van der Waals surface area contributed by atoms with E-state index in [0.29, 0.717) is 34.3 Å². The summed E-state index contributed by atoms with van der Waals surface area (Å²) in [7, 11) is 0. The Morgan fingerprint density at radius 3 is 2.62 bits per heavy atom. The number of hydrogen-bond acceptors (Lipinski definition) is 6. The Morgan fingerprint density at radius 1 is 1.16 bits per heavy atom. The van der Waals surface area contributed by atoms with Crippen molar-refractivity contribution >= 4 is 35.2 Å². The summed E-state index contributed by atoms with van der Waals surface area (Å²) in [5.41, 5.74) is 6.44. The Kier molecular flexibility index (Phi) is 5.59. The molecule has 0 spiro atoms. The topological polar surface area (TPSA) is 131 Å². The van der Waals surface area contributed by atoms with Crippen LogP contribution in [0.5, 0.6) is 11.5 Å². The predicted octanol–water partition coefficient (Wildman–Crippen LogP) is 0.734. The summed E-state index contributed by atoms with van der Waals surface area (Å²) in [6, 6.07) is 12.9. The molecule has 2 aliphatic rings. The van der Waals surface area contributed by atoms with Gasteiger partial charge in [0.25, 0.3) is 17.9 Å². The first-order valence-electron chi connectivity index (χ1n) is 9.96. The SMILES string of the molecule is CCOc1ccccc1NC(=O)C[N+]1=C2c3ccccc3OC2C(=O)N(CC(N)=O)C1=O. The van der Waals surface area contributed by atoms with Crippen molar-refractivity contribution in [2.45, 2.75) is 13.0 Å². The Bertz CT molecular complexity index is 1160. The fraction of sp³-hybridized carbons (Fsp3) is 0.227. The molecule has 4 rings (SSSR count). The van der Waals surface area contributed by atoms with Crippen molar-refractivity contribution in [1.82, 2.24) is 4.90 Å². The van der Waals surface area contributed by atoms with Crippen LogP contribution in [0, 0.1) is 0 Å². The average Bonchev–Trinajstić information content (AvgIpc) is 3.15. The molecule has 0 aromatic heterocycles. The number of nitrogens with one attached hydrogen (secondary N) is 1. The first-order valence-corrected chi connectivity index (χ1v) is 9.96. The van der Waals surface area contributed by atoms with Gasteiger partial charge in [-0.3, -0.25) is 9.59 Å². The largest absolute Gasteiger partial charge is 0.502 e. The molecule has 2 heterocycles. The molecule has 0 saturated carbocycles. The quantitative estimate of drug-likeness (QED) is 0.614. The molecule has 0 fully saturated rings. The molecule has 0 aliphatic carbocycles. The summed E-state index contributed by atoms with van der Waals surface area (Å²) in [6.07, 6.45) is -1.16. The maximum Gasteiger partial charge on any atom is 0.502 e. The number of para-hydroxylation sites is 3. The van der Waals surface area contributed by atoms with Gasteiger partial charge in [0.2, 0.25) is 0 Å². The highest BCUT2D eigenvalue weighted by molar-refractivity contribution is 6.22. The van der Waals surface area contributed by atoms with Crippen LogP contribution in [-0.4, -0.2) is 64.7 Å². The lowest BCUT2D eigenvalue weighted by atomic mass is 10.0. The number of ether oxygens (including phenoxy) is 2. The Balaban J connectivity index is 1.70. The zero-order valence-electron chi connectivity index (χ0n) is 17.2. The highest BCUT2D eigenvalue weighted by Gasteiger charge is 2.54. The van der Waals surface area contributed by atoms with Gasteiger partial charge in [-0.1, -0.05) is 24.3 Å². The van der Waals surface area contributed by atoms with E-state index in [2.05, 4.69) is 5.32 Å². The van der Waals surface area contributed by atoms with E-state index in [9.17, 15) is 19.2 Å². The molecular weight excluding hydrogens is 416 g/mol. The molecule has 164 valence electrons. The number of hydrogen-bond donors (Lipinski definition) is 2. The molecule has 0 bridgehead atoms. The molecule has 0 saturated heterocycles. The molecule has 10 nitrogen and oxygen atoms in total. The number of anilines is 1. The molecule has 0 radical (unpaired) electrons. The molecule has 10 heteroatoms. The van der Waals surface area contributed by atoms with Crippen molar-refractivity contribution in [1.29, 1.82) is 0 Å². The third kappa shape index (κ3) is 3.78. The number of imide groups is 1. The summed E-state index contributed by atoms with van der Waals surface area (Å²) >= 11 is 0. The van der Waals surface area contributed by atoms with E-state index in [1.54, 1.807) is 48.5 Å². The van der Waals surface area contributed by atoms with Gasteiger partial charge in [0.05, 0.1) is 17.9 Å². The number of amides is 5. The molecule has 3 N–H and O–H groups in total. The molecule has 2 aromatic carbocycles. The van der Waals surface area contributed by atoms with Crippen LogP contribution in [0.25, 0.3) is 0 Å². The summed E-state index contributed by atoms with van der Waals surface area (Å²) in [5, 5.41) is 2.73. The fourth-order valence-corrected chi connectivity index (χ4v) is 3.68. The number of nitrogens with two attached hydrogens (primary N) is 1. The molecule has 1 atom stereocenters. The summed E-state index contributed by atoms with van der Waals surface area (Å²) in [4.78, 5) is 51.0. The zero-order chi connectivity index (χ0) is 22.8. The fourth-order valence-electron chi connectivity index (χ4n) is 3.68. The maximum atomic E-state index is 13.1. The smallest absolute Gasteiger partial charge is 0.492 e. The number of urea groups is 1. The number of fused-ring (bicyclic) bond motifs is 3. The van der Waals surface area contributed by atoms with Gasteiger partial charge in [0.1, 0.15) is 11.5 Å². The Morgan fingerprint density at radius 2 is 1.88 bits per heavy atom. The number of rotatable bonds is 7. The lowest BCUT2D eigenvalue weighted by Crippen LogP contribution is -2.60. The first kappa shape index (κ1) is 21.0. The number of carbonyl (C=O) groups is 4. The molecule has 32 heavy (non-hydrogen) atoms.